The molecule has 22 heavy (non-hydrogen) atoms. The van der Waals surface area contributed by atoms with E-state index in [0.717, 1.165) is 43.3 Å². The molecule has 2 aromatic heterocycles. The zero-order valence-electron chi connectivity index (χ0n) is 11.9. The number of carbonyl (C=O) groups excluding carboxylic acids is 1. The summed E-state index contributed by atoms with van der Waals surface area (Å²) >= 11 is 1.41. The molecule has 1 aliphatic rings. The minimum Gasteiger partial charge on any atom is -0.337 e. The van der Waals surface area contributed by atoms with E-state index in [1.807, 2.05) is 23.1 Å². The Morgan fingerprint density at radius 2 is 2.05 bits per heavy atom. The molecule has 0 spiro atoms. The van der Waals surface area contributed by atoms with Crippen molar-refractivity contribution in [1.82, 2.24) is 20.2 Å². The fourth-order valence-electron chi connectivity index (χ4n) is 2.19. The van der Waals surface area contributed by atoms with E-state index in [4.69, 9.17) is 0 Å². The fraction of sp³-hybridized carbons (Fsp3) is 0.357. The van der Waals surface area contributed by atoms with E-state index in [2.05, 4.69) is 15.3 Å². The first-order valence-electron chi connectivity index (χ1n) is 6.72. The molecule has 5 nitrogen and oxygen atoms in total. The largest absolute Gasteiger partial charge is 0.337 e. The molecule has 1 saturated heterocycles. The third kappa shape index (κ3) is 4.39. The van der Waals surface area contributed by atoms with Crippen LogP contribution in [0.5, 0.6) is 0 Å². The molecule has 0 radical (unpaired) electrons. The highest BCUT2D eigenvalue weighted by molar-refractivity contribution is 7.16. The van der Waals surface area contributed by atoms with Crippen molar-refractivity contribution in [2.45, 2.75) is 6.42 Å². The zero-order chi connectivity index (χ0) is 13.8. The van der Waals surface area contributed by atoms with Crippen molar-refractivity contribution in [1.29, 1.82) is 0 Å². The molecule has 0 aromatic carbocycles. The van der Waals surface area contributed by atoms with Crippen LogP contribution in [0.1, 0.15) is 16.1 Å². The van der Waals surface area contributed by atoms with Crippen LogP contribution in [0.3, 0.4) is 0 Å². The lowest BCUT2D eigenvalue weighted by atomic mass is 10.3. The van der Waals surface area contributed by atoms with Gasteiger partial charge in [-0.25, -0.2) is 4.98 Å². The van der Waals surface area contributed by atoms with E-state index in [-0.39, 0.29) is 30.7 Å². The summed E-state index contributed by atoms with van der Waals surface area (Å²) in [7, 11) is 0. The first kappa shape index (κ1) is 18.8. The number of carbonyl (C=O) groups is 1. The Bertz CT molecular complexity index is 586. The number of amides is 1. The predicted octanol–water partition coefficient (Wildman–Crippen LogP) is 2.48. The van der Waals surface area contributed by atoms with Gasteiger partial charge in [0, 0.05) is 25.8 Å². The first-order chi connectivity index (χ1) is 9.84. The smallest absolute Gasteiger partial charge is 0.265 e. The number of pyridine rings is 1. The number of nitrogens with one attached hydrogen (secondary N) is 1. The first-order valence-corrected chi connectivity index (χ1v) is 7.53. The Labute approximate surface area is 146 Å². The maximum atomic E-state index is 12.4. The minimum atomic E-state index is 0. The third-order valence-electron chi connectivity index (χ3n) is 3.23. The standard InChI is InChI=1S/C14H16N4OS.2ClH/c19-14(18-8-3-5-15-7-9-18)12-10-17-13(20-12)11-4-1-2-6-16-11;;/h1-2,4,6,10,15H,3,5,7-9H2;2*1H. The van der Waals surface area contributed by atoms with E-state index in [9.17, 15) is 4.79 Å². The normalized spacial score (nSPS) is 14.5. The van der Waals surface area contributed by atoms with Gasteiger partial charge in [0.25, 0.3) is 5.91 Å². The average molecular weight is 361 g/mol. The van der Waals surface area contributed by atoms with Crippen LogP contribution in [0.25, 0.3) is 10.7 Å². The van der Waals surface area contributed by atoms with Crippen molar-refractivity contribution in [3.8, 4) is 10.7 Å². The minimum absolute atomic E-state index is 0. The summed E-state index contributed by atoms with van der Waals surface area (Å²) in [6.07, 6.45) is 4.39. The summed E-state index contributed by atoms with van der Waals surface area (Å²) in [6.45, 7) is 3.40. The molecule has 0 atom stereocenters. The topological polar surface area (TPSA) is 58.1 Å². The Morgan fingerprint density at radius 1 is 1.18 bits per heavy atom. The Balaban J connectivity index is 0.00000121. The van der Waals surface area contributed by atoms with Gasteiger partial charge in [-0.1, -0.05) is 6.07 Å². The molecule has 0 aliphatic carbocycles. The van der Waals surface area contributed by atoms with Crippen molar-refractivity contribution in [2.24, 2.45) is 0 Å². The van der Waals surface area contributed by atoms with Gasteiger partial charge in [-0.15, -0.1) is 36.2 Å². The maximum absolute atomic E-state index is 12.4. The van der Waals surface area contributed by atoms with E-state index >= 15 is 0 Å². The summed E-state index contributed by atoms with van der Waals surface area (Å²) in [5.41, 5.74) is 0.814. The Hall–Kier alpha value is -1.21. The number of aromatic nitrogens is 2. The van der Waals surface area contributed by atoms with Crippen molar-refractivity contribution in [3.63, 3.8) is 0 Å². The van der Waals surface area contributed by atoms with E-state index in [1.165, 1.54) is 11.3 Å². The molecule has 8 heteroatoms. The molecule has 3 heterocycles. The van der Waals surface area contributed by atoms with Gasteiger partial charge in [0.1, 0.15) is 9.88 Å². The van der Waals surface area contributed by atoms with Crippen LogP contribution in [0.4, 0.5) is 0 Å². The summed E-state index contributed by atoms with van der Waals surface area (Å²) in [4.78, 5) is 23.6. The summed E-state index contributed by atoms with van der Waals surface area (Å²) < 4.78 is 0. The van der Waals surface area contributed by atoms with Crippen LogP contribution in [-0.4, -0.2) is 47.0 Å². The average Bonchev–Trinajstić information content (AvgIpc) is 2.83. The van der Waals surface area contributed by atoms with Gasteiger partial charge in [-0.05, 0) is 25.1 Å². The lowest BCUT2D eigenvalue weighted by molar-refractivity contribution is 0.0771. The lowest BCUT2D eigenvalue weighted by Gasteiger charge is -2.18. The number of nitrogens with zero attached hydrogens (tertiary/aromatic N) is 3. The molecular formula is C14H18Cl2N4OS. The molecule has 3 rings (SSSR count). The molecule has 120 valence electrons. The maximum Gasteiger partial charge on any atom is 0.265 e. The number of thiazole rings is 1. The molecular weight excluding hydrogens is 343 g/mol. The van der Waals surface area contributed by atoms with Gasteiger partial charge in [0.15, 0.2) is 0 Å². The lowest BCUT2D eigenvalue weighted by Crippen LogP contribution is -2.33. The summed E-state index contributed by atoms with van der Waals surface area (Å²) in [5.74, 6) is 0.0772. The predicted molar refractivity (Wildman–Crippen MR) is 93.2 cm³/mol. The van der Waals surface area contributed by atoms with Gasteiger partial charge in [0.2, 0.25) is 0 Å². The molecule has 0 bridgehead atoms. The van der Waals surface area contributed by atoms with Crippen LogP contribution in [0.15, 0.2) is 30.6 Å². The van der Waals surface area contributed by atoms with Gasteiger partial charge < -0.3 is 10.2 Å². The summed E-state index contributed by atoms with van der Waals surface area (Å²) in [5, 5.41) is 4.09. The van der Waals surface area contributed by atoms with Crippen LogP contribution in [-0.2, 0) is 0 Å². The Kier molecular flexibility index (Phi) is 7.75. The zero-order valence-corrected chi connectivity index (χ0v) is 14.3. The highest BCUT2D eigenvalue weighted by atomic mass is 35.5. The quantitative estimate of drug-likeness (QED) is 0.893. The van der Waals surface area contributed by atoms with Gasteiger partial charge in [-0.3, -0.25) is 9.78 Å². The van der Waals surface area contributed by atoms with Crippen molar-refractivity contribution >= 4 is 42.1 Å². The van der Waals surface area contributed by atoms with Crippen molar-refractivity contribution < 1.29 is 4.79 Å². The molecule has 2 aromatic rings. The van der Waals surface area contributed by atoms with Gasteiger partial charge in [-0.2, -0.15) is 0 Å². The molecule has 1 fully saturated rings. The van der Waals surface area contributed by atoms with Crippen LogP contribution >= 0.6 is 36.2 Å². The SMILES string of the molecule is Cl.Cl.O=C(c1cnc(-c2ccccn2)s1)N1CCCNCC1. The monoisotopic (exact) mass is 360 g/mol. The molecule has 0 saturated carbocycles. The molecule has 1 amide bonds. The van der Waals surface area contributed by atoms with E-state index in [0.29, 0.717) is 4.88 Å². The van der Waals surface area contributed by atoms with Crippen LogP contribution in [0.2, 0.25) is 0 Å². The second kappa shape index (κ2) is 9.05. The van der Waals surface area contributed by atoms with Gasteiger partial charge in [0.05, 0.1) is 11.9 Å². The summed E-state index contributed by atoms with van der Waals surface area (Å²) in [6, 6.07) is 5.70. The van der Waals surface area contributed by atoms with E-state index in [1.54, 1.807) is 12.4 Å². The number of hydrogen-bond acceptors (Lipinski definition) is 5. The van der Waals surface area contributed by atoms with Crippen LogP contribution in [0, 0.1) is 0 Å². The Morgan fingerprint density at radius 3 is 2.82 bits per heavy atom. The second-order valence-electron chi connectivity index (χ2n) is 4.64. The fourth-order valence-corrected chi connectivity index (χ4v) is 3.05. The molecule has 1 N–H and O–H groups in total. The molecule has 1 aliphatic heterocycles. The van der Waals surface area contributed by atoms with E-state index < -0.39 is 0 Å². The molecule has 0 unspecified atom stereocenters. The van der Waals surface area contributed by atoms with Gasteiger partial charge >= 0.3 is 0 Å². The van der Waals surface area contributed by atoms with Crippen molar-refractivity contribution in [2.75, 3.05) is 26.2 Å². The number of halogens is 2. The highest BCUT2D eigenvalue weighted by Crippen LogP contribution is 2.24. The number of hydrogen-bond donors (Lipinski definition) is 1. The van der Waals surface area contributed by atoms with Crippen molar-refractivity contribution in [3.05, 3.63) is 35.5 Å². The van der Waals surface area contributed by atoms with Crippen LogP contribution < -0.4 is 5.32 Å². The second-order valence-corrected chi connectivity index (χ2v) is 5.67. The third-order valence-corrected chi connectivity index (χ3v) is 4.24. The highest BCUT2D eigenvalue weighted by Gasteiger charge is 2.19. The number of rotatable bonds is 2.